The molecular weight excluding hydrogens is 320 g/mol. The summed E-state index contributed by atoms with van der Waals surface area (Å²) in [6, 6.07) is 7.12. The van der Waals surface area contributed by atoms with Crippen LogP contribution in [0.2, 0.25) is 0 Å². The van der Waals surface area contributed by atoms with Crippen LogP contribution in [0.4, 0.5) is 0 Å². The van der Waals surface area contributed by atoms with E-state index in [-0.39, 0.29) is 12.0 Å². The highest BCUT2D eigenvalue weighted by molar-refractivity contribution is 7.80. The van der Waals surface area contributed by atoms with Gasteiger partial charge < -0.3 is 10.1 Å². The van der Waals surface area contributed by atoms with E-state index in [0.29, 0.717) is 16.4 Å². The SMILES string of the molecule is CC(C)Oc1cccc(C(=O)NC(=S)NCCC2=CCCCC2)c1. The lowest BCUT2D eigenvalue weighted by Gasteiger charge is -2.14. The van der Waals surface area contributed by atoms with Gasteiger partial charge in [0.2, 0.25) is 0 Å². The molecule has 5 heteroatoms. The summed E-state index contributed by atoms with van der Waals surface area (Å²) in [4.78, 5) is 12.3. The predicted octanol–water partition coefficient (Wildman–Crippen LogP) is 3.97. The van der Waals surface area contributed by atoms with Crippen LogP contribution < -0.4 is 15.4 Å². The average molecular weight is 346 g/mol. The molecule has 0 spiro atoms. The number of rotatable bonds is 6. The molecular formula is C19H26N2O2S. The van der Waals surface area contributed by atoms with Crippen LogP contribution in [0.1, 0.15) is 56.3 Å². The molecule has 0 unspecified atom stereocenters. The minimum atomic E-state index is -0.224. The van der Waals surface area contributed by atoms with Crippen LogP contribution in [-0.4, -0.2) is 23.7 Å². The Kier molecular flexibility index (Phi) is 7.25. The van der Waals surface area contributed by atoms with Crippen molar-refractivity contribution in [2.24, 2.45) is 0 Å². The molecule has 0 atom stereocenters. The summed E-state index contributed by atoms with van der Waals surface area (Å²) in [5, 5.41) is 6.19. The molecule has 0 aliphatic heterocycles. The van der Waals surface area contributed by atoms with Gasteiger partial charge in [-0.05, 0) is 76.4 Å². The third-order valence-corrected chi connectivity index (χ3v) is 4.06. The van der Waals surface area contributed by atoms with Crippen molar-refractivity contribution in [1.82, 2.24) is 10.6 Å². The minimum absolute atomic E-state index is 0.0696. The van der Waals surface area contributed by atoms with Crippen LogP contribution >= 0.6 is 12.2 Å². The highest BCUT2D eigenvalue weighted by Gasteiger charge is 2.10. The van der Waals surface area contributed by atoms with Gasteiger partial charge >= 0.3 is 0 Å². The Bertz CT molecular complexity index is 611. The van der Waals surface area contributed by atoms with E-state index in [2.05, 4.69) is 16.7 Å². The maximum atomic E-state index is 12.3. The van der Waals surface area contributed by atoms with Crippen molar-refractivity contribution in [3.05, 3.63) is 41.5 Å². The van der Waals surface area contributed by atoms with Gasteiger partial charge in [-0.2, -0.15) is 0 Å². The Morgan fingerprint density at radius 1 is 1.33 bits per heavy atom. The van der Waals surface area contributed by atoms with E-state index in [1.54, 1.807) is 18.2 Å². The van der Waals surface area contributed by atoms with Crippen molar-refractivity contribution in [2.45, 2.75) is 52.1 Å². The van der Waals surface area contributed by atoms with Crippen LogP contribution in [0.15, 0.2) is 35.9 Å². The molecule has 1 aliphatic carbocycles. The van der Waals surface area contributed by atoms with Crippen molar-refractivity contribution >= 4 is 23.2 Å². The second kappa shape index (κ2) is 9.42. The first-order valence-electron chi connectivity index (χ1n) is 8.58. The summed E-state index contributed by atoms with van der Waals surface area (Å²) in [5.74, 6) is 0.458. The van der Waals surface area contributed by atoms with Crippen LogP contribution in [0.5, 0.6) is 5.75 Å². The van der Waals surface area contributed by atoms with E-state index in [1.165, 1.54) is 31.3 Å². The molecule has 0 saturated carbocycles. The van der Waals surface area contributed by atoms with Crippen LogP contribution in [0.3, 0.4) is 0 Å². The summed E-state index contributed by atoms with van der Waals surface area (Å²) >= 11 is 5.21. The lowest BCUT2D eigenvalue weighted by atomic mass is 9.97. The number of nitrogens with one attached hydrogen (secondary N) is 2. The molecule has 1 aliphatic rings. The van der Waals surface area contributed by atoms with Crippen molar-refractivity contribution in [3.63, 3.8) is 0 Å². The molecule has 130 valence electrons. The van der Waals surface area contributed by atoms with Gasteiger partial charge in [-0.3, -0.25) is 10.1 Å². The monoisotopic (exact) mass is 346 g/mol. The van der Waals surface area contributed by atoms with Gasteiger partial charge in [0.1, 0.15) is 5.75 Å². The maximum Gasteiger partial charge on any atom is 0.257 e. The van der Waals surface area contributed by atoms with Crippen molar-refractivity contribution < 1.29 is 9.53 Å². The summed E-state index contributed by atoms with van der Waals surface area (Å²) in [5.41, 5.74) is 2.02. The zero-order chi connectivity index (χ0) is 17.4. The minimum Gasteiger partial charge on any atom is -0.491 e. The van der Waals surface area contributed by atoms with E-state index >= 15 is 0 Å². The van der Waals surface area contributed by atoms with Gasteiger partial charge in [0.15, 0.2) is 5.11 Å². The van der Waals surface area contributed by atoms with Gasteiger partial charge in [-0.15, -0.1) is 0 Å². The van der Waals surface area contributed by atoms with Crippen LogP contribution in [-0.2, 0) is 0 Å². The number of ether oxygens (including phenoxy) is 1. The molecule has 0 aromatic heterocycles. The molecule has 0 heterocycles. The Labute approximate surface area is 149 Å². The first-order valence-corrected chi connectivity index (χ1v) is 8.99. The van der Waals surface area contributed by atoms with E-state index in [0.717, 1.165) is 13.0 Å². The predicted molar refractivity (Wildman–Crippen MR) is 101 cm³/mol. The van der Waals surface area contributed by atoms with Gasteiger partial charge in [0.25, 0.3) is 5.91 Å². The molecule has 2 rings (SSSR count). The fourth-order valence-corrected chi connectivity index (χ4v) is 2.87. The zero-order valence-corrected chi connectivity index (χ0v) is 15.2. The van der Waals surface area contributed by atoms with Gasteiger partial charge in [-0.1, -0.05) is 17.7 Å². The summed E-state index contributed by atoms with van der Waals surface area (Å²) in [6.45, 7) is 4.66. The smallest absolute Gasteiger partial charge is 0.257 e. The number of hydrogen-bond donors (Lipinski definition) is 2. The third-order valence-electron chi connectivity index (χ3n) is 3.81. The fraction of sp³-hybridized carbons (Fsp3) is 0.474. The number of carbonyl (C=O) groups is 1. The van der Waals surface area contributed by atoms with Gasteiger partial charge in [0, 0.05) is 12.1 Å². The van der Waals surface area contributed by atoms with Gasteiger partial charge in [0.05, 0.1) is 6.10 Å². The topological polar surface area (TPSA) is 50.4 Å². The summed E-state index contributed by atoms with van der Waals surface area (Å²) in [6.07, 6.45) is 8.32. The molecule has 0 fully saturated rings. The number of benzene rings is 1. The highest BCUT2D eigenvalue weighted by atomic mass is 32.1. The summed E-state index contributed by atoms with van der Waals surface area (Å²) < 4.78 is 5.61. The number of thiocarbonyl (C=S) groups is 1. The lowest BCUT2D eigenvalue weighted by molar-refractivity contribution is 0.0976. The summed E-state index contributed by atoms with van der Waals surface area (Å²) in [7, 11) is 0. The number of amides is 1. The van der Waals surface area contributed by atoms with Crippen LogP contribution in [0, 0.1) is 0 Å². The second-order valence-corrected chi connectivity index (χ2v) is 6.67. The zero-order valence-electron chi connectivity index (χ0n) is 14.4. The molecule has 0 saturated heterocycles. The second-order valence-electron chi connectivity index (χ2n) is 6.26. The maximum absolute atomic E-state index is 12.3. The molecule has 0 radical (unpaired) electrons. The fourth-order valence-electron chi connectivity index (χ4n) is 2.67. The molecule has 1 aromatic carbocycles. The van der Waals surface area contributed by atoms with Crippen LogP contribution in [0.25, 0.3) is 0 Å². The standard InChI is InChI=1S/C19H26N2O2S/c1-14(2)23-17-10-6-9-16(13-17)18(22)21-19(24)20-12-11-15-7-4-3-5-8-15/h6-7,9-10,13-14H,3-5,8,11-12H2,1-2H3,(H2,20,21,22,24). The van der Waals surface area contributed by atoms with Crippen molar-refractivity contribution in [1.29, 1.82) is 0 Å². The number of allylic oxidation sites excluding steroid dienone is 1. The lowest BCUT2D eigenvalue weighted by Crippen LogP contribution is -2.39. The molecule has 1 amide bonds. The molecule has 0 bridgehead atoms. The molecule has 2 N–H and O–H groups in total. The van der Waals surface area contributed by atoms with Crippen molar-refractivity contribution in [2.75, 3.05) is 6.54 Å². The Morgan fingerprint density at radius 2 is 2.17 bits per heavy atom. The van der Waals surface area contributed by atoms with Crippen molar-refractivity contribution in [3.8, 4) is 5.75 Å². The molecule has 24 heavy (non-hydrogen) atoms. The normalized spacial score (nSPS) is 14.0. The Hall–Kier alpha value is -1.88. The quantitative estimate of drug-likeness (QED) is 0.604. The number of hydrogen-bond acceptors (Lipinski definition) is 3. The highest BCUT2D eigenvalue weighted by Crippen LogP contribution is 2.19. The van der Waals surface area contributed by atoms with E-state index < -0.39 is 0 Å². The van der Waals surface area contributed by atoms with E-state index in [4.69, 9.17) is 17.0 Å². The number of carbonyl (C=O) groups excluding carboxylic acids is 1. The first-order chi connectivity index (χ1) is 11.5. The largest absolute Gasteiger partial charge is 0.491 e. The Balaban J connectivity index is 1.78. The average Bonchev–Trinajstić information content (AvgIpc) is 2.55. The van der Waals surface area contributed by atoms with E-state index in [1.807, 2.05) is 19.9 Å². The molecule has 1 aromatic rings. The van der Waals surface area contributed by atoms with E-state index in [9.17, 15) is 4.79 Å². The Morgan fingerprint density at radius 3 is 2.88 bits per heavy atom. The van der Waals surface area contributed by atoms with Gasteiger partial charge in [-0.25, -0.2) is 0 Å². The third kappa shape index (κ3) is 6.32. The molecule has 4 nitrogen and oxygen atoms in total. The first kappa shape index (κ1) is 18.5.